The zero-order chi connectivity index (χ0) is 14.5. The lowest BCUT2D eigenvalue weighted by Gasteiger charge is -2.20. The lowest BCUT2D eigenvalue weighted by atomic mass is 10.2. The highest BCUT2D eigenvalue weighted by Crippen LogP contribution is 2.32. The molecule has 2 nitrogen and oxygen atoms in total. The second-order valence-corrected chi connectivity index (χ2v) is 7.15. The van der Waals surface area contributed by atoms with E-state index < -0.39 is 48.6 Å². The van der Waals surface area contributed by atoms with Crippen molar-refractivity contribution in [1.29, 1.82) is 0 Å². The zero-order valence-corrected chi connectivity index (χ0v) is 10.4. The van der Waals surface area contributed by atoms with Crippen LogP contribution in [0.15, 0.2) is 4.90 Å². The van der Waals surface area contributed by atoms with Gasteiger partial charge in [0, 0.05) is 0 Å². The first-order valence-electron chi connectivity index (χ1n) is 4.69. The molecule has 0 saturated carbocycles. The van der Waals surface area contributed by atoms with E-state index in [1.54, 1.807) is 0 Å². The summed E-state index contributed by atoms with van der Waals surface area (Å²) in [4.78, 5) is -1.80. The van der Waals surface area contributed by atoms with Crippen molar-refractivity contribution >= 4 is 9.84 Å². The van der Waals surface area contributed by atoms with Gasteiger partial charge in [0.1, 0.15) is 4.90 Å². The van der Waals surface area contributed by atoms with Crippen LogP contribution in [0.25, 0.3) is 0 Å². The van der Waals surface area contributed by atoms with E-state index in [0.717, 1.165) is 20.8 Å². The van der Waals surface area contributed by atoms with Crippen molar-refractivity contribution in [3.05, 3.63) is 29.1 Å². The van der Waals surface area contributed by atoms with E-state index in [2.05, 4.69) is 0 Å². The zero-order valence-electron chi connectivity index (χ0n) is 9.61. The summed E-state index contributed by atoms with van der Waals surface area (Å²) in [5.41, 5.74) is 0. The van der Waals surface area contributed by atoms with Crippen LogP contribution >= 0.6 is 0 Å². The third kappa shape index (κ3) is 1.98. The van der Waals surface area contributed by atoms with E-state index >= 15 is 0 Å². The van der Waals surface area contributed by atoms with Crippen LogP contribution in [0, 0.1) is 29.1 Å². The smallest absolute Gasteiger partial charge is 0.200 e. The van der Waals surface area contributed by atoms with Crippen LogP contribution in [0.1, 0.15) is 20.8 Å². The minimum absolute atomic E-state index is 1.08. The van der Waals surface area contributed by atoms with E-state index in [1.165, 1.54) is 0 Å². The van der Waals surface area contributed by atoms with E-state index in [9.17, 15) is 30.4 Å². The minimum Gasteiger partial charge on any atom is -0.223 e. The first kappa shape index (κ1) is 14.9. The maximum Gasteiger partial charge on any atom is 0.200 e. The molecule has 1 rings (SSSR count). The van der Waals surface area contributed by atoms with Crippen LogP contribution < -0.4 is 0 Å². The van der Waals surface area contributed by atoms with Crippen molar-refractivity contribution < 1.29 is 30.4 Å². The molecule has 8 heteroatoms. The Morgan fingerprint density at radius 2 is 1.00 bits per heavy atom. The van der Waals surface area contributed by atoms with Crippen molar-refractivity contribution in [2.45, 2.75) is 30.4 Å². The number of halogens is 5. The molecular weight excluding hydrogens is 279 g/mol. The van der Waals surface area contributed by atoms with Crippen LogP contribution in [-0.4, -0.2) is 13.2 Å². The number of hydrogen-bond donors (Lipinski definition) is 0. The first-order valence-corrected chi connectivity index (χ1v) is 6.17. The summed E-state index contributed by atoms with van der Waals surface area (Å²) in [6.07, 6.45) is 0. The second kappa shape index (κ2) is 4.18. The lowest BCUT2D eigenvalue weighted by Crippen LogP contribution is -2.30. The van der Waals surface area contributed by atoms with Crippen molar-refractivity contribution in [1.82, 2.24) is 0 Å². The fourth-order valence-electron chi connectivity index (χ4n) is 1.13. The molecule has 1 aromatic carbocycles. The number of hydrogen-bond acceptors (Lipinski definition) is 2. The molecule has 1 aromatic rings. The van der Waals surface area contributed by atoms with E-state index in [0.29, 0.717) is 0 Å². The lowest BCUT2D eigenvalue weighted by molar-refractivity contribution is 0.356. The van der Waals surface area contributed by atoms with Crippen LogP contribution in [0.4, 0.5) is 22.0 Å². The van der Waals surface area contributed by atoms with Gasteiger partial charge in [-0.2, -0.15) is 0 Å². The van der Waals surface area contributed by atoms with Gasteiger partial charge in [-0.1, -0.05) is 0 Å². The SMILES string of the molecule is CC(C)(C)S(=O)(=O)c1c(F)c(F)c(F)c(F)c1F. The molecule has 0 amide bonds. The fourth-order valence-corrected chi connectivity index (χ4v) is 2.39. The first-order chi connectivity index (χ1) is 7.93. The topological polar surface area (TPSA) is 34.1 Å². The van der Waals surface area contributed by atoms with Gasteiger partial charge >= 0.3 is 0 Å². The summed E-state index contributed by atoms with van der Waals surface area (Å²) in [7, 11) is -4.70. The second-order valence-electron chi connectivity index (χ2n) is 4.51. The molecule has 0 aromatic heterocycles. The Morgan fingerprint density at radius 3 is 1.28 bits per heavy atom. The molecule has 0 aliphatic rings. The van der Waals surface area contributed by atoms with Gasteiger partial charge in [0.25, 0.3) is 0 Å². The van der Waals surface area contributed by atoms with Crippen molar-refractivity contribution in [3.8, 4) is 0 Å². The molecule has 0 spiro atoms. The summed E-state index contributed by atoms with van der Waals surface area (Å²) < 4.78 is 87.1. The Hall–Kier alpha value is -1.18. The molecule has 102 valence electrons. The third-order valence-electron chi connectivity index (χ3n) is 2.24. The van der Waals surface area contributed by atoms with Gasteiger partial charge < -0.3 is 0 Å². The van der Waals surface area contributed by atoms with Crippen LogP contribution in [0.3, 0.4) is 0 Å². The van der Waals surface area contributed by atoms with Gasteiger partial charge in [-0.15, -0.1) is 0 Å². The molecule has 0 atom stereocenters. The van der Waals surface area contributed by atoms with Gasteiger partial charge in [0.15, 0.2) is 33.1 Å². The van der Waals surface area contributed by atoms with Crippen LogP contribution in [0.5, 0.6) is 0 Å². The molecule has 0 aliphatic heterocycles. The average Bonchev–Trinajstić information content (AvgIpc) is 2.22. The summed E-state index contributed by atoms with van der Waals surface area (Å²) >= 11 is 0. The molecule has 0 aliphatic carbocycles. The van der Waals surface area contributed by atoms with Gasteiger partial charge in [0.05, 0.1) is 4.75 Å². The average molecular weight is 288 g/mol. The van der Waals surface area contributed by atoms with E-state index in [4.69, 9.17) is 0 Å². The van der Waals surface area contributed by atoms with Gasteiger partial charge in [-0.25, -0.2) is 30.4 Å². The number of rotatable bonds is 1. The highest BCUT2D eigenvalue weighted by molar-refractivity contribution is 7.92. The molecule has 0 N–H and O–H groups in total. The number of sulfone groups is 1. The predicted molar refractivity (Wildman–Crippen MR) is 53.2 cm³/mol. The molecule has 18 heavy (non-hydrogen) atoms. The van der Waals surface area contributed by atoms with Crippen LogP contribution in [0.2, 0.25) is 0 Å². The maximum absolute atomic E-state index is 13.3. The van der Waals surface area contributed by atoms with E-state index in [-0.39, 0.29) is 0 Å². The Morgan fingerprint density at radius 1 is 0.722 bits per heavy atom. The predicted octanol–water partition coefficient (Wildman–Crippen LogP) is 2.95. The minimum atomic E-state index is -4.70. The largest absolute Gasteiger partial charge is 0.223 e. The molecular formula is C10H9F5O2S. The summed E-state index contributed by atoms with van der Waals surface area (Å²) in [6, 6.07) is 0. The van der Waals surface area contributed by atoms with Crippen LogP contribution in [-0.2, 0) is 9.84 Å². The quantitative estimate of drug-likeness (QED) is 0.344. The van der Waals surface area contributed by atoms with E-state index in [1.807, 2.05) is 0 Å². The van der Waals surface area contributed by atoms with Crippen molar-refractivity contribution in [2.75, 3.05) is 0 Å². The number of benzene rings is 1. The Bertz CT molecular complexity index is 573. The van der Waals surface area contributed by atoms with Gasteiger partial charge in [0.2, 0.25) is 5.82 Å². The Labute approximate surface area is 100 Å². The molecule has 0 bridgehead atoms. The molecule has 0 fully saturated rings. The highest BCUT2D eigenvalue weighted by Gasteiger charge is 2.40. The highest BCUT2D eigenvalue weighted by atomic mass is 32.2. The maximum atomic E-state index is 13.3. The monoisotopic (exact) mass is 288 g/mol. The normalized spacial score (nSPS) is 12.9. The van der Waals surface area contributed by atoms with Gasteiger partial charge in [-0.3, -0.25) is 0 Å². The standard InChI is InChI=1S/C10H9F5O2S/c1-10(2,3)18(16,17)9-7(14)5(12)4(11)6(13)8(9)15/h1-3H3. The van der Waals surface area contributed by atoms with Crippen molar-refractivity contribution in [2.24, 2.45) is 0 Å². The Balaban J connectivity index is 3.85. The van der Waals surface area contributed by atoms with Crippen molar-refractivity contribution in [3.63, 3.8) is 0 Å². The molecule has 0 radical (unpaired) electrons. The fraction of sp³-hybridized carbons (Fsp3) is 0.400. The molecule has 0 unspecified atom stereocenters. The molecule has 0 heterocycles. The summed E-state index contributed by atoms with van der Waals surface area (Å²) in [5, 5.41) is 0. The summed E-state index contributed by atoms with van der Waals surface area (Å²) in [6.45, 7) is 3.25. The Kier molecular flexibility index (Phi) is 3.46. The summed E-state index contributed by atoms with van der Waals surface area (Å²) in [5.74, 6) is -11.6. The van der Waals surface area contributed by atoms with Gasteiger partial charge in [-0.05, 0) is 20.8 Å². The third-order valence-corrected chi connectivity index (χ3v) is 4.75. The molecule has 0 saturated heterocycles.